The van der Waals surface area contributed by atoms with E-state index < -0.39 is 10.8 Å². The van der Waals surface area contributed by atoms with Crippen LogP contribution in [0.3, 0.4) is 0 Å². The smallest absolute Gasteiger partial charge is 0.285 e. The number of hydrogen-bond donors (Lipinski definition) is 2. The highest BCUT2D eigenvalue weighted by Crippen LogP contribution is 2.34. The number of nitro benzene ring substituents is 1. The van der Waals surface area contributed by atoms with Gasteiger partial charge in [0.25, 0.3) is 11.6 Å². The van der Waals surface area contributed by atoms with Gasteiger partial charge < -0.3 is 15.4 Å². The zero-order chi connectivity index (χ0) is 16.1. The number of carbonyl (C=O) groups is 1. The first-order valence-electron chi connectivity index (χ1n) is 6.98. The molecule has 1 aliphatic rings. The third-order valence-electron chi connectivity index (χ3n) is 3.58. The van der Waals surface area contributed by atoms with Crippen LogP contribution in [0.15, 0.2) is 17.0 Å². The van der Waals surface area contributed by atoms with Crippen molar-refractivity contribution >= 4 is 23.4 Å². The number of nitrogens with one attached hydrogen (secondary N) is 2. The van der Waals surface area contributed by atoms with Gasteiger partial charge in [-0.3, -0.25) is 14.9 Å². The summed E-state index contributed by atoms with van der Waals surface area (Å²) in [5, 5.41) is 17.3. The third-order valence-corrected chi connectivity index (χ3v) is 4.33. The second-order valence-corrected chi connectivity index (χ2v) is 5.85. The van der Waals surface area contributed by atoms with Crippen LogP contribution in [0.25, 0.3) is 0 Å². The number of thioether (sulfide) groups is 1. The molecule has 1 aromatic rings. The maximum Gasteiger partial charge on any atom is 0.285 e. The van der Waals surface area contributed by atoms with Crippen LogP contribution in [0.2, 0.25) is 0 Å². The minimum absolute atomic E-state index is 0.000635. The Morgan fingerprint density at radius 2 is 2.32 bits per heavy atom. The normalized spacial score (nSPS) is 17.8. The average molecular weight is 325 g/mol. The summed E-state index contributed by atoms with van der Waals surface area (Å²) < 4.78 is 5.14. The molecule has 8 heteroatoms. The van der Waals surface area contributed by atoms with Crippen LogP contribution >= 0.6 is 11.8 Å². The molecule has 1 heterocycles. The molecule has 2 rings (SSSR count). The number of nitro groups is 1. The van der Waals surface area contributed by atoms with Gasteiger partial charge in [-0.1, -0.05) is 0 Å². The highest BCUT2D eigenvalue weighted by molar-refractivity contribution is 7.98. The quantitative estimate of drug-likeness (QED) is 0.487. The molecule has 0 bridgehead atoms. The zero-order valence-corrected chi connectivity index (χ0v) is 13.4. The molecule has 120 valence electrons. The number of benzene rings is 1. The van der Waals surface area contributed by atoms with Crippen molar-refractivity contribution in [1.82, 2.24) is 10.6 Å². The molecule has 1 saturated heterocycles. The highest BCUT2D eigenvalue weighted by atomic mass is 32.2. The average Bonchev–Trinajstić information content (AvgIpc) is 2.54. The van der Waals surface area contributed by atoms with E-state index in [1.54, 1.807) is 0 Å². The molecule has 1 amide bonds. The van der Waals surface area contributed by atoms with Gasteiger partial charge in [0, 0.05) is 12.6 Å². The number of rotatable bonds is 5. The molecule has 1 atom stereocenters. The number of carbonyl (C=O) groups excluding carboxylic acids is 1. The van der Waals surface area contributed by atoms with Gasteiger partial charge in [-0.2, -0.15) is 0 Å². The Bertz CT molecular complexity index is 573. The molecular weight excluding hydrogens is 306 g/mol. The first-order chi connectivity index (χ1) is 10.6. The summed E-state index contributed by atoms with van der Waals surface area (Å²) in [5.74, 6) is -0.0200. The van der Waals surface area contributed by atoms with E-state index in [4.69, 9.17) is 4.74 Å². The van der Waals surface area contributed by atoms with E-state index >= 15 is 0 Å². The SMILES string of the molecule is COc1cc([N+](=O)[O-])c(C(=O)N[C@H]2CCCNC2)cc1SC. The third kappa shape index (κ3) is 3.69. The number of ether oxygens (including phenoxy) is 1. The second-order valence-electron chi connectivity index (χ2n) is 5.00. The van der Waals surface area contributed by atoms with Crippen molar-refractivity contribution in [2.75, 3.05) is 26.5 Å². The molecule has 2 N–H and O–H groups in total. The molecule has 0 spiro atoms. The van der Waals surface area contributed by atoms with Gasteiger partial charge in [-0.05, 0) is 31.7 Å². The van der Waals surface area contributed by atoms with Gasteiger partial charge in [0.15, 0.2) is 0 Å². The van der Waals surface area contributed by atoms with Crippen LogP contribution in [0.1, 0.15) is 23.2 Å². The van der Waals surface area contributed by atoms with Crippen LogP contribution in [0.4, 0.5) is 5.69 Å². The van der Waals surface area contributed by atoms with Crippen molar-refractivity contribution in [2.45, 2.75) is 23.8 Å². The van der Waals surface area contributed by atoms with Crippen LogP contribution in [-0.2, 0) is 0 Å². The molecule has 1 aromatic carbocycles. The van der Waals surface area contributed by atoms with Crippen molar-refractivity contribution in [3.8, 4) is 5.75 Å². The summed E-state index contributed by atoms with van der Waals surface area (Å²) in [6.07, 6.45) is 3.68. The Morgan fingerprint density at radius 3 is 2.86 bits per heavy atom. The minimum Gasteiger partial charge on any atom is -0.495 e. The standard InChI is InChI=1S/C14H19N3O4S/c1-21-12-7-11(17(19)20)10(6-13(12)22-2)14(18)16-9-4-3-5-15-8-9/h6-7,9,15H,3-5,8H2,1-2H3,(H,16,18)/t9-/m0/s1. The van der Waals surface area contributed by atoms with Gasteiger partial charge in [0.05, 0.1) is 23.0 Å². The fourth-order valence-corrected chi connectivity index (χ4v) is 3.02. The Hall–Kier alpha value is -1.80. The van der Waals surface area contributed by atoms with Gasteiger partial charge in [-0.15, -0.1) is 11.8 Å². The summed E-state index contributed by atoms with van der Waals surface area (Å²) >= 11 is 1.38. The minimum atomic E-state index is -0.555. The lowest BCUT2D eigenvalue weighted by molar-refractivity contribution is -0.385. The topological polar surface area (TPSA) is 93.5 Å². The Balaban J connectivity index is 2.30. The Kier molecular flexibility index (Phi) is 5.62. The lowest BCUT2D eigenvalue weighted by atomic mass is 10.1. The summed E-state index contributed by atoms with van der Waals surface area (Å²) in [7, 11) is 1.45. The molecule has 0 aromatic heterocycles. The molecule has 1 aliphatic heterocycles. The molecular formula is C14H19N3O4S. The van der Waals surface area contributed by atoms with E-state index in [1.807, 2.05) is 6.26 Å². The van der Waals surface area contributed by atoms with Crippen LogP contribution < -0.4 is 15.4 Å². The molecule has 0 radical (unpaired) electrons. The van der Waals surface area contributed by atoms with Gasteiger partial charge in [0.2, 0.25) is 0 Å². The first-order valence-corrected chi connectivity index (χ1v) is 8.21. The van der Waals surface area contributed by atoms with Crippen molar-refractivity contribution in [3.63, 3.8) is 0 Å². The number of methoxy groups -OCH3 is 1. The Labute approximate surface area is 132 Å². The first kappa shape index (κ1) is 16.6. The number of piperidine rings is 1. The molecule has 0 aliphatic carbocycles. The number of amides is 1. The van der Waals surface area contributed by atoms with E-state index in [1.165, 1.54) is 31.0 Å². The highest BCUT2D eigenvalue weighted by Gasteiger charge is 2.25. The molecule has 0 saturated carbocycles. The van der Waals surface area contributed by atoms with E-state index in [9.17, 15) is 14.9 Å². The van der Waals surface area contributed by atoms with Crippen LogP contribution in [0.5, 0.6) is 5.75 Å². The van der Waals surface area contributed by atoms with Crippen molar-refractivity contribution < 1.29 is 14.5 Å². The van der Waals surface area contributed by atoms with Crippen molar-refractivity contribution in [1.29, 1.82) is 0 Å². The van der Waals surface area contributed by atoms with Gasteiger partial charge >= 0.3 is 0 Å². The van der Waals surface area contributed by atoms with Crippen LogP contribution in [-0.4, -0.2) is 43.3 Å². The lowest BCUT2D eigenvalue weighted by Gasteiger charge is -2.23. The van der Waals surface area contributed by atoms with Gasteiger partial charge in [-0.25, -0.2) is 0 Å². The van der Waals surface area contributed by atoms with Crippen molar-refractivity contribution in [2.24, 2.45) is 0 Å². The predicted octanol–water partition coefficient (Wildman–Crippen LogP) is 1.81. The zero-order valence-electron chi connectivity index (χ0n) is 12.5. The lowest BCUT2D eigenvalue weighted by Crippen LogP contribution is -2.45. The van der Waals surface area contributed by atoms with Crippen molar-refractivity contribution in [3.05, 3.63) is 27.8 Å². The number of hydrogen-bond acceptors (Lipinski definition) is 6. The monoisotopic (exact) mass is 325 g/mol. The largest absolute Gasteiger partial charge is 0.495 e. The number of nitrogens with zero attached hydrogens (tertiary/aromatic N) is 1. The van der Waals surface area contributed by atoms with E-state index in [0.717, 1.165) is 19.4 Å². The maximum absolute atomic E-state index is 12.4. The summed E-state index contributed by atoms with van der Waals surface area (Å²) in [5.41, 5.74) is -0.170. The van der Waals surface area contributed by atoms with E-state index in [0.29, 0.717) is 17.2 Å². The molecule has 1 fully saturated rings. The molecule has 22 heavy (non-hydrogen) atoms. The Morgan fingerprint density at radius 1 is 1.55 bits per heavy atom. The van der Waals surface area contributed by atoms with Gasteiger partial charge in [0.1, 0.15) is 11.3 Å². The second kappa shape index (κ2) is 7.46. The predicted molar refractivity (Wildman–Crippen MR) is 84.8 cm³/mol. The summed E-state index contributed by atoms with van der Waals surface area (Å²) in [6, 6.07) is 2.83. The maximum atomic E-state index is 12.4. The van der Waals surface area contributed by atoms with E-state index in [-0.39, 0.29) is 17.3 Å². The van der Waals surface area contributed by atoms with E-state index in [2.05, 4.69) is 10.6 Å². The molecule has 0 unspecified atom stereocenters. The molecule has 7 nitrogen and oxygen atoms in total. The summed E-state index contributed by atoms with van der Waals surface area (Å²) in [4.78, 5) is 23.8. The fourth-order valence-electron chi connectivity index (χ4n) is 2.44. The summed E-state index contributed by atoms with van der Waals surface area (Å²) in [6.45, 7) is 1.62. The van der Waals surface area contributed by atoms with Crippen LogP contribution in [0, 0.1) is 10.1 Å². The fraction of sp³-hybridized carbons (Fsp3) is 0.500.